The van der Waals surface area contributed by atoms with Crippen molar-refractivity contribution in [1.82, 2.24) is 19.8 Å². The topological polar surface area (TPSA) is 101 Å². The second-order valence-electron chi connectivity index (χ2n) is 5.71. The number of nitrogen functional groups attached to an aromatic ring is 2. The van der Waals surface area contributed by atoms with E-state index in [9.17, 15) is 4.79 Å². The molecule has 7 nitrogen and oxygen atoms in total. The summed E-state index contributed by atoms with van der Waals surface area (Å²) in [6.07, 6.45) is 0. The Labute approximate surface area is 134 Å². The fourth-order valence-electron chi connectivity index (χ4n) is 2.61. The summed E-state index contributed by atoms with van der Waals surface area (Å²) in [6, 6.07) is 8.98. The molecular weight excluding hydrogens is 292 g/mol. The zero-order valence-electron chi connectivity index (χ0n) is 13.1. The van der Waals surface area contributed by atoms with Crippen LogP contribution >= 0.6 is 0 Å². The molecular formula is C16H20N6O. The van der Waals surface area contributed by atoms with Gasteiger partial charge in [0.15, 0.2) is 0 Å². The third kappa shape index (κ3) is 3.40. The van der Waals surface area contributed by atoms with Crippen LogP contribution in [-0.2, 0) is 0 Å². The highest BCUT2D eigenvalue weighted by Gasteiger charge is 2.20. The van der Waals surface area contributed by atoms with E-state index < -0.39 is 0 Å². The molecule has 1 aliphatic heterocycles. The zero-order chi connectivity index (χ0) is 16.4. The largest absolute Gasteiger partial charge is 0.384 e. The van der Waals surface area contributed by atoms with Crippen molar-refractivity contribution in [3.05, 3.63) is 35.9 Å². The fraction of sp³-hybridized carbons (Fsp3) is 0.312. The number of hydrogen-bond donors (Lipinski definition) is 2. The van der Waals surface area contributed by atoms with E-state index in [0.717, 1.165) is 31.7 Å². The van der Waals surface area contributed by atoms with Gasteiger partial charge in [0.05, 0.1) is 5.69 Å². The Bertz CT molecular complexity index is 687. The summed E-state index contributed by atoms with van der Waals surface area (Å²) in [5, 5.41) is 0. The van der Waals surface area contributed by atoms with Gasteiger partial charge in [-0.25, -0.2) is 4.98 Å². The number of nitrogens with zero attached hydrogens (tertiary/aromatic N) is 4. The van der Waals surface area contributed by atoms with Crippen LogP contribution in [0.3, 0.4) is 0 Å². The number of likely N-dealkylation sites (N-methyl/N-ethyl adjacent to an activating group) is 1. The summed E-state index contributed by atoms with van der Waals surface area (Å²) in [5.41, 5.74) is 13.5. The molecule has 1 aliphatic rings. The molecule has 4 N–H and O–H groups in total. The van der Waals surface area contributed by atoms with Crippen molar-refractivity contribution in [2.24, 2.45) is 0 Å². The van der Waals surface area contributed by atoms with Crippen LogP contribution in [0.4, 0.5) is 11.8 Å². The molecule has 7 heteroatoms. The first-order chi connectivity index (χ1) is 11.0. The van der Waals surface area contributed by atoms with Gasteiger partial charge in [0, 0.05) is 43.4 Å². The normalized spacial score (nSPS) is 15.6. The molecule has 2 heterocycles. The minimum Gasteiger partial charge on any atom is -0.384 e. The molecule has 0 unspecified atom stereocenters. The molecule has 1 fully saturated rings. The smallest absolute Gasteiger partial charge is 0.253 e. The van der Waals surface area contributed by atoms with E-state index >= 15 is 0 Å². The molecule has 1 saturated heterocycles. The first kappa shape index (κ1) is 15.2. The van der Waals surface area contributed by atoms with Crippen molar-refractivity contribution >= 4 is 17.7 Å². The number of rotatable bonds is 2. The predicted molar refractivity (Wildman–Crippen MR) is 89.7 cm³/mol. The van der Waals surface area contributed by atoms with E-state index in [1.54, 1.807) is 6.07 Å². The quantitative estimate of drug-likeness (QED) is 0.846. The van der Waals surface area contributed by atoms with Crippen LogP contribution in [0, 0.1) is 0 Å². The Morgan fingerprint density at radius 1 is 1.04 bits per heavy atom. The zero-order valence-corrected chi connectivity index (χ0v) is 13.1. The summed E-state index contributed by atoms with van der Waals surface area (Å²) in [5.74, 6) is 0.522. The first-order valence-corrected chi connectivity index (χ1v) is 7.51. The highest BCUT2D eigenvalue weighted by molar-refractivity contribution is 5.94. The maximum absolute atomic E-state index is 12.5. The molecule has 120 valence electrons. The number of carbonyl (C=O) groups excluding carboxylic acids is 1. The number of benzene rings is 1. The molecule has 0 saturated carbocycles. The van der Waals surface area contributed by atoms with E-state index in [1.807, 2.05) is 29.2 Å². The van der Waals surface area contributed by atoms with E-state index in [1.165, 1.54) is 0 Å². The van der Waals surface area contributed by atoms with Gasteiger partial charge >= 0.3 is 0 Å². The first-order valence-electron chi connectivity index (χ1n) is 7.51. The summed E-state index contributed by atoms with van der Waals surface area (Å²) in [4.78, 5) is 24.6. The van der Waals surface area contributed by atoms with Crippen molar-refractivity contribution in [3.8, 4) is 11.3 Å². The lowest BCUT2D eigenvalue weighted by Gasteiger charge is -2.32. The molecule has 2 aromatic rings. The molecule has 0 bridgehead atoms. The van der Waals surface area contributed by atoms with Crippen LogP contribution < -0.4 is 11.5 Å². The SMILES string of the molecule is CN1CCN(C(=O)c2ccc(-c3cc(N)nc(N)n3)cc2)CC1. The summed E-state index contributed by atoms with van der Waals surface area (Å²) in [7, 11) is 2.07. The van der Waals surface area contributed by atoms with Gasteiger partial charge in [-0.1, -0.05) is 12.1 Å². The van der Waals surface area contributed by atoms with Crippen molar-refractivity contribution in [2.75, 3.05) is 44.7 Å². The van der Waals surface area contributed by atoms with Crippen LogP contribution in [0.15, 0.2) is 30.3 Å². The van der Waals surface area contributed by atoms with E-state index in [0.29, 0.717) is 17.1 Å². The maximum atomic E-state index is 12.5. The summed E-state index contributed by atoms with van der Waals surface area (Å²) >= 11 is 0. The van der Waals surface area contributed by atoms with E-state index in [4.69, 9.17) is 11.5 Å². The number of amides is 1. The molecule has 0 atom stereocenters. The molecule has 1 aromatic heterocycles. The van der Waals surface area contributed by atoms with Crippen LogP contribution in [-0.4, -0.2) is 58.9 Å². The minimum atomic E-state index is 0.0614. The Morgan fingerprint density at radius 2 is 1.70 bits per heavy atom. The van der Waals surface area contributed by atoms with Gasteiger partial charge in [-0.15, -0.1) is 0 Å². The van der Waals surface area contributed by atoms with E-state index in [2.05, 4.69) is 21.9 Å². The Morgan fingerprint density at radius 3 is 2.30 bits per heavy atom. The van der Waals surface area contributed by atoms with Crippen molar-refractivity contribution in [2.45, 2.75) is 0 Å². The second-order valence-corrected chi connectivity index (χ2v) is 5.71. The molecule has 1 amide bonds. The average Bonchev–Trinajstić information content (AvgIpc) is 2.54. The Kier molecular flexibility index (Phi) is 4.12. The molecule has 0 aliphatic carbocycles. The van der Waals surface area contributed by atoms with Gasteiger partial charge in [-0.05, 0) is 19.2 Å². The standard InChI is InChI=1S/C16H20N6O/c1-21-6-8-22(9-7-21)15(23)12-4-2-11(3-5-12)13-10-14(17)20-16(18)19-13/h2-5,10H,6-9H2,1H3,(H4,17,18,19,20). The lowest BCUT2D eigenvalue weighted by Crippen LogP contribution is -2.47. The van der Waals surface area contributed by atoms with Crippen molar-refractivity contribution < 1.29 is 4.79 Å². The maximum Gasteiger partial charge on any atom is 0.253 e. The molecule has 0 spiro atoms. The lowest BCUT2D eigenvalue weighted by molar-refractivity contribution is 0.0664. The third-order valence-electron chi connectivity index (χ3n) is 3.98. The second kappa shape index (κ2) is 6.21. The highest BCUT2D eigenvalue weighted by atomic mass is 16.2. The number of carbonyl (C=O) groups is 1. The highest BCUT2D eigenvalue weighted by Crippen LogP contribution is 2.20. The van der Waals surface area contributed by atoms with Gasteiger partial charge in [0.2, 0.25) is 5.95 Å². The number of anilines is 2. The van der Waals surface area contributed by atoms with Gasteiger partial charge in [-0.2, -0.15) is 4.98 Å². The Hall–Kier alpha value is -2.67. The minimum absolute atomic E-state index is 0.0614. The van der Waals surface area contributed by atoms with E-state index in [-0.39, 0.29) is 11.9 Å². The van der Waals surface area contributed by atoms with Crippen molar-refractivity contribution in [3.63, 3.8) is 0 Å². The lowest BCUT2D eigenvalue weighted by atomic mass is 10.1. The van der Waals surface area contributed by atoms with Crippen LogP contribution in [0.5, 0.6) is 0 Å². The van der Waals surface area contributed by atoms with Crippen LogP contribution in [0.2, 0.25) is 0 Å². The molecule has 3 rings (SSSR count). The van der Waals surface area contributed by atoms with Crippen molar-refractivity contribution in [1.29, 1.82) is 0 Å². The summed E-state index contributed by atoms with van der Waals surface area (Å²) in [6.45, 7) is 3.33. The fourth-order valence-corrected chi connectivity index (χ4v) is 2.61. The number of nitrogens with two attached hydrogens (primary N) is 2. The monoisotopic (exact) mass is 312 g/mol. The van der Waals surface area contributed by atoms with Crippen LogP contribution in [0.1, 0.15) is 10.4 Å². The number of piperazine rings is 1. The summed E-state index contributed by atoms with van der Waals surface area (Å²) < 4.78 is 0. The number of aromatic nitrogens is 2. The molecule has 0 radical (unpaired) electrons. The van der Waals surface area contributed by atoms with Gasteiger partial charge in [0.1, 0.15) is 5.82 Å². The van der Waals surface area contributed by atoms with Gasteiger partial charge in [0.25, 0.3) is 5.91 Å². The number of hydrogen-bond acceptors (Lipinski definition) is 6. The Balaban J connectivity index is 1.77. The van der Waals surface area contributed by atoms with Gasteiger partial charge in [-0.3, -0.25) is 4.79 Å². The molecule has 23 heavy (non-hydrogen) atoms. The van der Waals surface area contributed by atoms with Crippen LogP contribution in [0.25, 0.3) is 11.3 Å². The third-order valence-corrected chi connectivity index (χ3v) is 3.98. The average molecular weight is 312 g/mol. The molecule has 1 aromatic carbocycles. The predicted octanol–water partition coefficient (Wildman–Crippen LogP) is 0.696. The van der Waals surface area contributed by atoms with Gasteiger partial charge < -0.3 is 21.3 Å².